The highest BCUT2D eigenvalue weighted by atomic mass is 35.5. The molecule has 0 saturated heterocycles. The topological polar surface area (TPSA) is 109 Å². The van der Waals surface area contributed by atoms with Crippen LogP contribution in [0.25, 0.3) is 10.9 Å². The molecule has 2 aromatic heterocycles. The number of azo groups is 1. The summed E-state index contributed by atoms with van der Waals surface area (Å²) >= 11 is 5.95. The van der Waals surface area contributed by atoms with Gasteiger partial charge in [-0.05, 0) is 30.7 Å². The molecule has 0 aliphatic rings. The molecule has 28 heavy (non-hydrogen) atoms. The maximum Gasteiger partial charge on any atom is 0.274 e. The summed E-state index contributed by atoms with van der Waals surface area (Å²) in [5.41, 5.74) is 1.90. The molecule has 0 radical (unpaired) electrons. The lowest BCUT2D eigenvalue weighted by Gasteiger charge is -2.07. The fourth-order valence-electron chi connectivity index (χ4n) is 2.83. The summed E-state index contributed by atoms with van der Waals surface area (Å²) in [4.78, 5) is 14.1. The van der Waals surface area contributed by atoms with Crippen molar-refractivity contribution >= 4 is 34.1 Å². The number of hydrogen-bond donors (Lipinski definition) is 2. The minimum absolute atomic E-state index is 0.0375. The van der Waals surface area contributed by atoms with Gasteiger partial charge in [-0.1, -0.05) is 41.9 Å². The van der Waals surface area contributed by atoms with Crippen LogP contribution in [0.2, 0.25) is 5.02 Å². The SMILES string of the molecule is Cc1nnc(N=Nc2c(O)n(Cc3ccc(Cl)cc3)c3ccccc23)[nH]c1=O. The van der Waals surface area contributed by atoms with Gasteiger partial charge in [-0.2, -0.15) is 0 Å². The van der Waals surface area contributed by atoms with E-state index in [1.165, 1.54) is 0 Å². The zero-order chi connectivity index (χ0) is 19.7. The second-order valence-electron chi connectivity index (χ2n) is 6.17. The van der Waals surface area contributed by atoms with Gasteiger partial charge in [0.2, 0.25) is 5.88 Å². The van der Waals surface area contributed by atoms with Crippen LogP contribution in [0.1, 0.15) is 11.3 Å². The van der Waals surface area contributed by atoms with Crippen LogP contribution in [0.5, 0.6) is 5.88 Å². The van der Waals surface area contributed by atoms with Gasteiger partial charge in [0, 0.05) is 10.4 Å². The summed E-state index contributed by atoms with van der Waals surface area (Å²) < 4.78 is 1.73. The lowest BCUT2D eigenvalue weighted by atomic mass is 10.2. The molecular weight excluding hydrogens is 380 g/mol. The first-order valence-corrected chi connectivity index (χ1v) is 8.80. The highest BCUT2D eigenvalue weighted by Gasteiger charge is 2.16. The Morgan fingerprint density at radius 1 is 1.11 bits per heavy atom. The number of nitrogens with one attached hydrogen (secondary N) is 1. The predicted octanol–water partition coefficient (Wildman–Crippen LogP) is 4.25. The van der Waals surface area contributed by atoms with E-state index in [4.69, 9.17) is 11.6 Å². The smallest absolute Gasteiger partial charge is 0.274 e. The average Bonchev–Trinajstić information content (AvgIpc) is 2.96. The minimum Gasteiger partial charge on any atom is -0.493 e. The van der Waals surface area contributed by atoms with Crippen LogP contribution in [0.15, 0.2) is 63.6 Å². The highest BCUT2D eigenvalue weighted by Crippen LogP contribution is 2.39. The van der Waals surface area contributed by atoms with Crippen molar-refractivity contribution in [2.24, 2.45) is 10.2 Å². The number of fused-ring (bicyclic) bond motifs is 1. The lowest BCUT2D eigenvalue weighted by molar-refractivity contribution is 0.429. The summed E-state index contributed by atoms with van der Waals surface area (Å²) in [6.07, 6.45) is 0. The van der Waals surface area contributed by atoms with Crippen molar-refractivity contribution in [2.45, 2.75) is 13.5 Å². The van der Waals surface area contributed by atoms with Gasteiger partial charge in [0.15, 0.2) is 5.69 Å². The first-order valence-electron chi connectivity index (χ1n) is 8.43. The number of aromatic amines is 1. The normalized spacial score (nSPS) is 11.5. The van der Waals surface area contributed by atoms with E-state index in [-0.39, 0.29) is 23.2 Å². The Hall–Kier alpha value is -3.52. The number of aromatic hydroxyl groups is 1. The Morgan fingerprint density at radius 3 is 2.61 bits per heavy atom. The van der Waals surface area contributed by atoms with E-state index in [0.29, 0.717) is 11.6 Å². The second kappa shape index (κ2) is 7.24. The number of halogens is 1. The van der Waals surface area contributed by atoms with Crippen molar-refractivity contribution in [3.63, 3.8) is 0 Å². The molecule has 2 heterocycles. The van der Waals surface area contributed by atoms with Crippen LogP contribution in [0.4, 0.5) is 11.6 Å². The molecule has 0 bridgehead atoms. The molecule has 9 heteroatoms. The van der Waals surface area contributed by atoms with Crippen molar-refractivity contribution < 1.29 is 5.11 Å². The standard InChI is InChI=1S/C19H15ClN6O2/c1-11-17(27)21-19(24-22-11)25-23-16-14-4-2-3-5-15(14)26(18(16)28)10-12-6-8-13(20)9-7-12/h2-9,28H,10H2,1H3,(H,21,24,27). The molecule has 4 rings (SSSR count). The molecule has 8 nitrogen and oxygen atoms in total. The van der Waals surface area contributed by atoms with Crippen LogP contribution >= 0.6 is 11.6 Å². The van der Waals surface area contributed by atoms with Crippen molar-refractivity contribution in [1.29, 1.82) is 0 Å². The van der Waals surface area contributed by atoms with Crippen molar-refractivity contribution in [3.05, 3.63) is 75.2 Å². The summed E-state index contributed by atoms with van der Waals surface area (Å²) in [5.74, 6) is -0.0770. The lowest BCUT2D eigenvalue weighted by Crippen LogP contribution is -2.12. The largest absolute Gasteiger partial charge is 0.493 e. The maximum absolute atomic E-state index is 11.6. The monoisotopic (exact) mass is 394 g/mol. The van der Waals surface area contributed by atoms with E-state index in [9.17, 15) is 9.90 Å². The van der Waals surface area contributed by atoms with Crippen LogP contribution in [0.3, 0.4) is 0 Å². The fraction of sp³-hybridized carbons (Fsp3) is 0.105. The number of aromatic nitrogens is 4. The molecule has 2 aromatic carbocycles. The van der Waals surface area contributed by atoms with E-state index in [1.807, 2.05) is 36.4 Å². The first-order chi connectivity index (χ1) is 13.5. The van der Waals surface area contributed by atoms with Gasteiger partial charge in [-0.3, -0.25) is 9.78 Å². The number of H-pyrrole nitrogens is 1. The molecule has 0 atom stereocenters. The van der Waals surface area contributed by atoms with E-state index < -0.39 is 5.56 Å². The van der Waals surface area contributed by atoms with Crippen molar-refractivity contribution in [1.82, 2.24) is 19.7 Å². The van der Waals surface area contributed by atoms with E-state index >= 15 is 0 Å². The zero-order valence-corrected chi connectivity index (χ0v) is 15.6. The fourth-order valence-corrected chi connectivity index (χ4v) is 2.96. The van der Waals surface area contributed by atoms with Gasteiger partial charge in [-0.15, -0.1) is 20.4 Å². The number of rotatable bonds is 4. The van der Waals surface area contributed by atoms with E-state index in [2.05, 4.69) is 25.4 Å². The number of benzene rings is 2. The molecule has 0 fully saturated rings. The Balaban J connectivity index is 1.77. The van der Waals surface area contributed by atoms with E-state index in [1.54, 1.807) is 23.6 Å². The molecule has 0 spiro atoms. The van der Waals surface area contributed by atoms with Crippen LogP contribution < -0.4 is 5.56 Å². The van der Waals surface area contributed by atoms with E-state index in [0.717, 1.165) is 16.5 Å². The Morgan fingerprint density at radius 2 is 1.86 bits per heavy atom. The van der Waals surface area contributed by atoms with Crippen molar-refractivity contribution in [2.75, 3.05) is 0 Å². The Labute approximate surface area is 164 Å². The van der Waals surface area contributed by atoms with Gasteiger partial charge in [-0.25, -0.2) is 0 Å². The van der Waals surface area contributed by atoms with Gasteiger partial charge in [0.25, 0.3) is 11.5 Å². The predicted molar refractivity (Wildman–Crippen MR) is 106 cm³/mol. The van der Waals surface area contributed by atoms with Gasteiger partial charge < -0.3 is 9.67 Å². The highest BCUT2D eigenvalue weighted by molar-refractivity contribution is 6.30. The Bertz CT molecular complexity index is 1240. The number of aryl methyl sites for hydroxylation is 1. The molecule has 0 aliphatic heterocycles. The van der Waals surface area contributed by atoms with Gasteiger partial charge in [0.05, 0.1) is 12.1 Å². The molecule has 0 saturated carbocycles. The summed E-state index contributed by atoms with van der Waals surface area (Å²) in [5, 5.41) is 27.7. The number of nitrogens with zero attached hydrogens (tertiary/aromatic N) is 5. The molecule has 0 unspecified atom stereocenters. The third-order valence-corrected chi connectivity index (χ3v) is 4.52. The quantitative estimate of drug-likeness (QED) is 0.504. The van der Waals surface area contributed by atoms with Gasteiger partial charge >= 0.3 is 0 Å². The maximum atomic E-state index is 11.6. The first kappa shape index (κ1) is 17.9. The number of hydrogen-bond acceptors (Lipinski definition) is 6. The summed E-state index contributed by atoms with van der Waals surface area (Å²) in [7, 11) is 0. The zero-order valence-electron chi connectivity index (χ0n) is 14.8. The van der Waals surface area contributed by atoms with Crippen LogP contribution in [-0.4, -0.2) is 24.9 Å². The molecule has 0 aliphatic carbocycles. The molecular formula is C19H15ClN6O2. The molecule has 140 valence electrons. The second-order valence-corrected chi connectivity index (χ2v) is 6.60. The average molecular weight is 395 g/mol. The third-order valence-electron chi connectivity index (χ3n) is 4.26. The minimum atomic E-state index is -0.390. The Kier molecular flexibility index (Phi) is 4.62. The van der Waals surface area contributed by atoms with Gasteiger partial charge in [0.1, 0.15) is 5.69 Å². The molecule has 2 N–H and O–H groups in total. The summed E-state index contributed by atoms with van der Waals surface area (Å²) in [6, 6.07) is 14.8. The molecule has 0 amide bonds. The molecule has 4 aromatic rings. The number of para-hydroxylation sites is 1. The third kappa shape index (κ3) is 3.37. The van der Waals surface area contributed by atoms with Crippen molar-refractivity contribution in [3.8, 4) is 5.88 Å². The van der Waals surface area contributed by atoms with Crippen LogP contribution in [0, 0.1) is 6.92 Å². The summed E-state index contributed by atoms with van der Waals surface area (Å²) in [6.45, 7) is 1.98. The van der Waals surface area contributed by atoms with Crippen LogP contribution in [-0.2, 0) is 6.54 Å².